The lowest BCUT2D eigenvalue weighted by molar-refractivity contribution is 0.106. The summed E-state index contributed by atoms with van der Waals surface area (Å²) in [6, 6.07) is 0. The molecular weight excluding hydrogens is 240 g/mol. The van der Waals surface area contributed by atoms with Crippen LogP contribution in [0.2, 0.25) is 0 Å². The molecular formula is C16H30O3. The standard InChI is InChI=1S/C16H30O3/c1-11(2)15(18-13(5)6)9-17-10-16(12(3)4)19-14(7)8/h9-14H,1-8H3. The molecule has 0 aromatic carbocycles. The second kappa shape index (κ2) is 8.89. The zero-order chi connectivity index (χ0) is 15.0. The molecule has 0 rings (SSSR count). The highest BCUT2D eigenvalue weighted by molar-refractivity contribution is 4.96. The summed E-state index contributed by atoms with van der Waals surface area (Å²) in [5.74, 6) is 2.28. The number of hydrogen-bond acceptors (Lipinski definition) is 3. The summed E-state index contributed by atoms with van der Waals surface area (Å²) in [5, 5.41) is 0. The van der Waals surface area contributed by atoms with Crippen molar-refractivity contribution in [2.45, 2.75) is 67.6 Å². The third-order valence-corrected chi connectivity index (χ3v) is 2.25. The van der Waals surface area contributed by atoms with E-state index < -0.39 is 0 Å². The minimum atomic E-state index is 0.151. The van der Waals surface area contributed by atoms with Gasteiger partial charge in [-0.25, -0.2) is 0 Å². The van der Waals surface area contributed by atoms with Gasteiger partial charge >= 0.3 is 0 Å². The van der Waals surface area contributed by atoms with Gasteiger partial charge in [-0.15, -0.1) is 0 Å². The highest BCUT2D eigenvalue weighted by atomic mass is 16.5. The molecule has 3 nitrogen and oxygen atoms in total. The zero-order valence-corrected chi connectivity index (χ0v) is 13.7. The molecule has 0 amide bonds. The van der Waals surface area contributed by atoms with Crippen LogP contribution in [-0.4, -0.2) is 12.2 Å². The zero-order valence-electron chi connectivity index (χ0n) is 13.7. The lowest BCUT2D eigenvalue weighted by Gasteiger charge is -2.17. The topological polar surface area (TPSA) is 27.7 Å². The maximum absolute atomic E-state index is 5.70. The molecule has 0 fully saturated rings. The molecule has 112 valence electrons. The van der Waals surface area contributed by atoms with Gasteiger partial charge in [0, 0.05) is 11.8 Å². The number of rotatable bonds is 8. The van der Waals surface area contributed by atoms with Crippen LogP contribution in [0.3, 0.4) is 0 Å². The van der Waals surface area contributed by atoms with Gasteiger partial charge in [0.15, 0.2) is 0 Å². The van der Waals surface area contributed by atoms with Gasteiger partial charge in [0.2, 0.25) is 0 Å². The first-order valence-corrected chi connectivity index (χ1v) is 7.12. The average Bonchev–Trinajstić information content (AvgIpc) is 2.24. The van der Waals surface area contributed by atoms with Crippen LogP contribution in [0.4, 0.5) is 0 Å². The van der Waals surface area contributed by atoms with Gasteiger partial charge in [-0.1, -0.05) is 27.7 Å². The Kier molecular flexibility index (Phi) is 8.37. The Morgan fingerprint density at radius 3 is 1.16 bits per heavy atom. The van der Waals surface area contributed by atoms with E-state index in [4.69, 9.17) is 14.2 Å². The SMILES string of the molecule is CC(C)OC(=COC=C(OC(C)C)C(C)C)C(C)C. The maximum Gasteiger partial charge on any atom is 0.134 e. The molecule has 0 saturated carbocycles. The Morgan fingerprint density at radius 1 is 0.632 bits per heavy atom. The summed E-state index contributed by atoms with van der Waals surface area (Å²) in [4.78, 5) is 0. The highest BCUT2D eigenvalue weighted by Crippen LogP contribution is 2.16. The fourth-order valence-electron chi connectivity index (χ4n) is 1.31. The largest absolute Gasteiger partial charge is 0.492 e. The van der Waals surface area contributed by atoms with Crippen LogP contribution < -0.4 is 0 Å². The van der Waals surface area contributed by atoms with Crippen molar-refractivity contribution in [3.8, 4) is 0 Å². The van der Waals surface area contributed by atoms with Gasteiger partial charge in [-0.2, -0.15) is 0 Å². The number of ether oxygens (including phenoxy) is 3. The quantitative estimate of drug-likeness (QED) is 0.590. The van der Waals surface area contributed by atoms with Gasteiger partial charge < -0.3 is 14.2 Å². The third-order valence-electron chi connectivity index (χ3n) is 2.25. The molecule has 0 bridgehead atoms. The van der Waals surface area contributed by atoms with E-state index in [1.807, 2.05) is 27.7 Å². The van der Waals surface area contributed by atoms with Gasteiger partial charge in [0.1, 0.15) is 24.0 Å². The Balaban J connectivity index is 4.69. The smallest absolute Gasteiger partial charge is 0.134 e. The molecule has 0 aromatic rings. The summed E-state index contributed by atoms with van der Waals surface area (Å²) < 4.78 is 16.9. The Bertz CT molecular complexity index is 269. The highest BCUT2D eigenvalue weighted by Gasteiger charge is 2.09. The van der Waals surface area contributed by atoms with Gasteiger partial charge in [-0.3, -0.25) is 0 Å². The second-order valence-electron chi connectivity index (χ2n) is 5.82. The van der Waals surface area contributed by atoms with E-state index in [0.717, 1.165) is 11.5 Å². The number of allylic oxidation sites excluding steroid dienone is 2. The predicted molar refractivity (Wildman–Crippen MR) is 79.4 cm³/mol. The van der Waals surface area contributed by atoms with Crippen LogP contribution in [0.5, 0.6) is 0 Å². The summed E-state index contributed by atoms with van der Waals surface area (Å²) in [5.41, 5.74) is 0. The Hall–Kier alpha value is -1.12. The molecule has 0 unspecified atom stereocenters. The lowest BCUT2D eigenvalue weighted by atomic mass is 10.2. The molecule has 0 aliphatic carbocycles. The summed E-state index contributed by atoms with van der Waals surface area (Å²) >= 11 is 0. The lowest BCUT2D eigenvalue weighted by Crippen LogP contribution is -2.08. The Labute approximate surface area is 118 Å². The van der Waals surface area contributed by atoms with Crippen LogP contribution in [0, 0.1) is 11.8 Å². The molecule has 0 aromatic heterocycles. The van der Waals surface area contributed by atoms with Crippen molar-refractivity contribution in [3.63, 3.8) is 0 Å². The fraction of sp³-hybridized carbons (Fsp3) is 0.750. The number of hydrogen-bond donors (Lipinski definition) is 0. The minimum absolute atomic E-state index is 0.151. The molecule has 0 aliphatic rings. The van der Waals surface area contributed by atoms with Crippen LogP contribution in [0.25, 0.3) is 0 Å². The molecule has 0 saturated heterocycles. The minimum Gasteiger partial charge on any atom is -0.492 e. The van der Waals surface area contributed by atoms with E-state index in [0.29, 0.717) is 11.8 Å². The molecule has 0 atom stereocenters. The second-order valence-corrected chi connectivity index (χ2v) is 5.82. The first-order valence-electron chi connectivity index (χ1n) is 7.12. The van der Waals surface area contributed by atoms with Crippen LogP contribution >= 0.6 is 0 Å². The van der Waals surface area contributed by atoms with Gasteiger partial charge in [0.05, 0.1) is 12.2 Å². The van der Waals surface area contributed by atoms with Gasteiger partial charge in [-0.05, 0) is 27.7 Å². The predicted octanol–water partition coefficient (Wildman–Crippen LogP) is 4.85. The average molecular weight is 270 g/mol. The monoisotopic (exact) mass is 270 g/mol. The normalized spacial score (nSPS) is 13.7. The summed E-state index contributed by atoms with van der Waals surface area (Å²) in [6.45, 7) is 16.3. The van der Waals surface area contributed by atoms with E-state index in [1.165, 1.54) is 0 Å². The van der Waals surface area contributed by atoms with Crippen LogP contribution in [0.1, 0.15) is 55.4 Å². The van der Waals surface area contributed by atoms with Crippen molar-refractivity contribution in [2.75, 3.05) is 0 Å². The van der Waals surface area contributed by atoms with Crippen molar-refractivity contribution in [2.24, 2.45) is 11.8 Å². The first-order chi connectivity index (χ1) is 8.73. The van der Waals surface area contributed by atoms with Gasteiger partial charge in [0.25, 0.3) is 0 Å². The summed E-state index contributed by atoms with van der Waals surface area (Å²) in [6.07, 6.45) is 3.63. The molecule has 0 aliphatic heterocycles. The van der Waals surface area contributed by atoms with Crippen molar-refractivity contribution < 1.29 is 14.2 Å². The van der Waals surface area contributed by atoms with E-state index in [9.17, 15) is 0 Å². The molecule has 19 heavy (non-hydrogen) atoms. The van der Waals surface area contributed by atoms with Crippen molar-refractivity contribution in [1.29, 1.82) is 0 Å². The van der Waals surface area contributed by atoms with Crippen molar-refractivity contribution >= 4 is 0 Å². The van der Waals surface area contributed by atoms with E-state index in [2.05, 4.69) is 27.7 Å². The molecule has 0 heterocycles. The van der Waals surface area contributed by atoms with E-state index >= 15 is 0 Å². The molecule has 0 radical (unpaired) electrons. The van der Waals surface area contributed by atoms with Crippen LogP contribution in [-0.2, 0) is 14.2 Å². The molecule has 3 heteroatoms. The Morgan fingerprint density at radius 2 is 0.947 bits per heavy atom. The third kappa shape index (κ3) is 8.57. The first kappa shape index (κ1) is 17.9. The van der Waals surface area contributed by atoms with Crippen LogP contribution in [0.15, 0.2) is 24.0 Å². The molecule has 0 spiro atoms. The maximum atomic E-state index is 5.70. The van der Waals surface area contributed by atoms with Crippen molar-refractivity contribution in [3.05, 3.63) is 24.0 Å². The van der Waals surface area contributed by atoms with E-state index in [1.54, 1.807) is 12.5 Å². The summed E-state index contributed by atoms with van der Waals surface area (Å²) in [7, 11) is 0. The molecule has 0 N–H and O–H groups in total. The van der Waals surface area contributed by atoms with Crippen molar-refractivity contribution in [1.82, 2.24) is 0 Å². The fourth-order valence-corrected chi connectivity index (χ4v) is 1.31. The van der Waals surface area contributed by atoms with E-state index in [-0.39, 0.29) is 12.2 Å².